The Kier molecular flexibility index (Phi) is 6.10. The lowest BCUT2D eigenvalue weighted by molar-refractivity contribution is -0.137. The molecule has 9 heteroatoms. The predicted molar refractivity (Wildman–Crippen MR) is 102 cm³/mol. The molecule has 2 N–H and O–H groups in total. The number of nitrogens with zero attached hydrogens (tertiary/aromatic N) is 1. The van der Waals surface area contributed by atoms with Crippen molar-refractivity contribution in [3.63, 3.8) is 0 Å². The average molecular weight is 417 g/mol. The number of pyridine rings is 1. The topological polar surface area (TPSA) is 71.1 Å². The first-order valence-corrected chi connectivity index (χ1v) is 8.70. The highest BCUT2D eigenvalue weighted by Crippen LogP contribution is 2.29. The molecule has 0 aliphatic carbocycles. The number of halogens is 4. The third kappa shape index (κ3) is 5.40. The van der Waals surface area contributed by atoms with Gasteiger partial charge in [-0.05, 0) is 48.0 Å². The minimum absolute atomic E-state index is 0.0104. The van der Waals surface area contributed by atoms with E-state index in [0.717, 1.165) is 24.3 Å². The molecule has 0 radical (unpaired) electrons. The Morgan fingerprint density at radius 3 is 2.27 bits per heavy atom. The summed E-state index contributed by atoms with van der Waals surface area (Å²) >= 11 is 0. The van der Waals surface area contributed by atoms with Gasteiger partial charge in [-0.2, -0.15) is 13.2 Å². The minimum atomic E-state index is -4.47. The summed E-state index contributed by atoms with van der Waals surface area (Å²) in [5.74, 6) is -1.79. The summed E-state index contributed by atoms with van der Waals surface area (Å²) < 4.78 is 51.5. The van der Waals surface area contributed by atoms with E-state index in [2.05, 4.69) is 15.6 Å². The van der Waals surface area contributed by atoms with Crippen molar-refractivity contribution in [3.05, 3.63) is 89.5 Å². The first kappa shape index (κ1) is 21.0. The van der Waals surface area contributed by atoms with Crippen LogP contribution in [0.15, 0.2) is 66.9 Å². The van der Waals surface area contributed by atoms with Crippen LogP contribution < -0.4 is 10.6 Å². The van der Waals surface area contributed by atoms with Crippen LogP contribution in [0.1, 0.15) is 21.6 Å². The van der Waals surface area contributed by atoms with Crippen molar-refractivity contribution in [2.24, 2.45) is 0 Å². The third-order valence-electron chi connectivity index (χ3n) is 4.05. The lowest BCUT2D eigenvalue weighted by Crippen LogP contribution is -2.19. The highest BCUT2D eigenvalue weighted by molar-refractivity contribution is 6.06. The molecule has 0 saturated carbocycles. The number of benzene rings is 2. The number of amides is 2. The summed E-state index contributed by atoms with van der Waals surface area (Å²) in [7, 11) is 0. The molecule has 0 aliphatic heterocycles. The zero-order chi connectivity index (χ0) is 21.7. The van der Waals surface area contributed by atoms with Gasteiger partial charge in [-0.3, -0.25) is 14.6 Å². The van der Waals surface area contributed by atoms with Crippen LogP contribution in [0, 0.1) is 5.82 Å². The monoisotopic (exact) mass is 417 g/mol. The molecule has 30 heavy (non-hydrogen) atoms. The second-order valence-electron chi connectivity index (χ2n) is 6.28. The Labute approximate surface area is 168 Å². The van der Waals surface area contributed by atoms with Crippen LogP contribution in [0.5, 0.6) is 0 Å². The summed E-state index contributed by atoms with van der Waals surface area (Å²) in [6.07, 6.45) is -3.27. The number of hydrogen-bond donors (Lipinski definition) is 2. The maximum atomic E-state index is 13.7. The van der Waals surface area contributed by atoms with Gasteiger partial charge in [0.2, 0.25) is 5.91 Å². The lowest BCUT2D eigenvalue weighted by Gasteiger charge is -2.13. The Balaban J connectivity index is 1.72. The van der Waals surface area contributed by atoms with E-state index in [1.807, 2.05) is 0 Å². The van der Waals surface area contributed by atoms with E-state index in [1.165, 1.54) is 30.5 Å². The molecule has 0 unspecified atom stereocenters. The van der Waals surface area contributed by atoms with Gasteiger partial charge in [-0.15, -0.1) is 0 Å². The molecule has 0 saturated heterocycles. The second kappa shape index (κ2) is 8.73. The standard InChI is InChI=1S/C21H15F4N3O2/c22-15-8-9-16(28-20(30)17-3-1-2-10-26-17)18(12-15)27-19(29)11-13-4-6-14(7-5-13)21(23,24)25/h1-10,12H,11H2,(H,27,29)(H,28,30). The van der Waals surface area contributed by atoms with E-state index in [4.69, 9.17) is 0 Å². The Morgan fingerprint density at radius 2 is 1.63 bits per heavy atom. The number of aromatic nitrogens is 1. The molecule has 154 valence electrons. The van der Waals surface area contributed by atoms with Crippen molar-refractivity contribution in [1.29, 1.82) is 0 Å². The highest BCUT2D eigenvalue weighted by Gasteiger charge is 2.30. The number of alkyl halides is 3. The number of hydrogen-bond acceptors (Lipinski definition) is 3. The van der Waals surface area contributed by atoms with Gasteiger partial charge in [0, 0.05) is 6.20 Å². The van der Waals surface area contributed by atoms with Gasteiger partial charge in [-0.25, -0.2) is 4.39 Å². The molecule has 0 atom stereocenters. The summed E-state index contributed by atoms with van der Waals surface area (Å²) in [6.45, 7) is 0. The van der Waals surface area contributed by atoms with Crippen LogP contribution in [0.2, 0.25) is 0 Å². The Morgan fingerprint density at radius 1 is 0.900 bits per heavy atom. The fourth-order valence-electron chi connectivity index (χ4n) is 2.60. The predicted octanol–water partition coefficient (Wildman–Crippen LogP) is 4.67. The summed E-state index contributed by atoms with van der Waals surface area (Å²) in [5, 5.41) is 5.00. The van der Waals surface area contributed by atoms with Crippen LogP contribution in [0.3, 0.4) is 0 Å². The Hall–Kier alpha value is -3.75. The third-order valence-corrected chi connectivity index (χ3v) is 4.05. The van der Waals surface area contributed by atoms with Gasteiger partial charge in [-0.1, -0.05) is 18.2 Å². The molecule has 0 aliphatic rings. The molecular formula is C21H15F4N3O2. The largest absolute Gasteiger partial charge is 0.416 e. The first-order valence-electron chi connectivity index (χ1n) is 8.70. The molecule has 3 aromatic rings. The van der Waals surface area contributed by atoms with Gasteiger partial charge in [0.1, 0.15) is 11.5 Å². The molecule has 0 fully saturated rings. The van der Waals surface area contributed by atoms with Crippen molar-refractivity contribution in [1.82, 2.24) is 4.98 Å². The number of anilines is 2. The maximum absolute atomic E-state index is 13.7. The molecule has 1 aromatic heterocycles. The Bertz CT molecular complexity index is 1050. The van der Waals surface area contributed by atoms with E-state index < -0.39 is 29.4 Å². The van der Waals surface area contributed by atoms with Gasteiger partial charge in [0.15, 0.2) is 0 Å². The minimum Gasteiger partial charge on any atom is -0.324 e. The van der Waals surface area contributed by atoms with E-state index in [-0.39, 0.29) is 23.5 Å². The second-order valence-corrected chi connectivity index (χ2v) is 6.28. The summed E-state index contributed by atoms with van der Waals surface area (Å²) in [6, 6.07) is 12.3. The smallest absolute Gasteiger partial charge is 0.324 e. The molecule has 2 aromatic carbocycles. The number of nitrogens with one attached hydrogen (secondary N) is 2. The van der Waals surface area contributed by atoms with E-state index >= 15 is 0 Å². The number of rotatable bonds is 5. The molecule has 1 heterocycles. The van der Waals surface area contributed by atoms with Crippen LogP contribution >= 0.6 is 0 Å². The number of carbonyl (C=O) groups is 2. The van der Waals surface area contributed by atoms with Gasteiger partial charge in [0.05, 0.1) is 23.4 Å². The van der Waals surface area contributed by atoms with E-state index in [9.17, 15) is 27.2 Å². The zero-order valence-electron chi connectivity index (χ0n) is 15.3. The SMILES string of the molecule is O=C(Cc1ccc(C(F)(F)F)cc1)Nc1cc(F)ccc1NC(=O)c1ccccn1. The molecule has 0 spiro atoms. The van der Waals surface area contributed by atoms with Crippen LogP contribution in [-0.2, 0) is 17.4 Å². The van der Waals surface area contributed by atoms with Crippen molar-refractivity contribution < 1.29 is 27.2 Å². The molecular weight excluding hydrogens is 402 g/mol. The molecule has 3 rings (SSSR count). The lowest BCUT2D eigenvalue weighted by atomic mass is 10.1. The van der Waals surface area contributed by atoms with Crippen molar-refractivity contribution in [2.75, 3.05) is 10.6 Å². The molecule has 0 bridgehead atoms. The van der Waals surface area contributed by atoms with Crippen LogP contribution in [-0.4, -0.2) is 16.8 Å². The number of carbonyl (C=O) groups excluding carboxylic acids is 2. The fraction of sp³-hybridized carbons (Fsp3) is 0.0952. The average Bonchev–Trinajstić information content (AvgIpc) is 2.70. The summed E-state index contributed by atoms with van der Waals surface area (Å²) in [4.78, 5) is 28.5. The van der Waals surface area contributed by atoms with Crippen molar-refractivity contribution >= 4 is 23.2 Å². The quantitative estimate of drug-likeness (QED) is 0.593. The molecule has 2 amide bonds. The van der Waals surface area contributed by atoms with Crippen molar-refractivity contribution in [2.45, 2.75) is 12.6 Å². The highest BCUT2D eigenvalue weighted by atomic mass is 19.4. The van der Waals surface area contributed by atoms with Gasteiger partial charge in [0.25, 0.3) is 5.91 Å². The zero-order valence-corrected chi connectivity index (χ0v) is 15.3. The van der Waals surface area contributed by atoms with Crippen LogP contribution in [0.4, 0.5) is 28.9 Å². The van der Waals surface area contributed by atoms with E-state index in [0.29, 0.717) is 5.56 Å². The van der Waals surface area contributed by atoms with Gasteiger partial charge < -0.3 is 10.6 Å². The molecule has 5 nitrogen and oxygen atoms in total. The maximum Gasteiger partial charge on any atom is 0.416 e. The van der Waals surface area contributed by atoms with E-state index in [1.54, 1.807) is 12.1 Å². The fourth-order valence-corrected chi connectivity index (χ4v) is 2.60. The van der Waals surface area contributed by atoms with Crippen molar-refractivity contribution in [3.8, 4) is 0 Å². The van der Waals surface area contributed by atoms with Gasteiger partial charge >= 0.3 is 6.18 Å². The summed E-state index contributed by atoms with van der Waals surface area (Å²) in [5.41, 5.74) is -0.194. The first-order chi connectivity index (χ1) is 14.2. The normalized spacial score (nSPS) is 11.1. The van der Waals surface area contributed by atoms with Crippen LogP contribution in [0.25, 0.3) is 0 Å².